The summed E-state index contributed by atoms with van der Waals surface area (Å²) in [4.78, 5) is 19.9. The van der Waals surface area contributed by atoms with Crippen LogP contribution in [0.15, 0.2) is 42.7 Å². The van der Waals surface area contributed by atoms with E-state index in [1.165, 1.54) is 31.0 Å². The average molecular weight is 512 g/mol. The zero-order chi connectivity index (χ0) is 26.2. The highest BCUT2D eigenvalue weighted by molar-refractivity contribution is 5.98. The molecule has 1 aliphatic carbocycles. The normalized spacial score (nSPS) is 14.8. The summed E-state index contributed by atoms with van der Waals surface area (Å²) in [5.74, 6) is 6.47. The van der Waals surface area contributed by atoms with Crippen LogP contribution in [0.3, 0.4) is 0 Å². The zero-order valence-corrected chi connectivity index (χ0v) is 21.0. The van der Waals surface area contributed by atoms with E-state index in [4.69, 9.17) is 9.72 Å². The monoisotopic (exact) mass is 511 g/mol. The van der Waals surface area contributed by atoms with Gasteiger partial charge in [0.2, 0.25) is 11.8 Å². The van der Waals surface area contributed by atoms with Gasteiger partial charge in [0, 0.05) is 47.9 Å². The Morgan fingerprint density at radius 1 is 1.24 bits per heavy atom. The number of anilines is 2. The second kappa shape index (κ2) is 9.78. The Hall–Kier alpha value is -4.45. The predicted octanol–water partition coefficient (Wildman–Crippen LogP) is 6.39. The number of hydrogen-bond donors (Lipinski definition) is 1. The SMILES string of the molecule is COc1cc(F)c([N+](=O)[O-])cc1Nc1ncc(C#CC2CCCC2)c(-c2cn3c4c(cccc24)CCC3)n1. The molecule has 4 aromatic rings. The molecule has 0 saturated heterocycles. The van der Waals surface area contributed by atoms with Crippen LogP contribution in [0.1, 0.15) is 43.2 Å². The lowest BCUT2D eigenvalue weighted by Crippen LogP contribution is -2.05. The zero-order valence-electron chi connectivity index (χ0n) is 21.0. The van der Waals surface area contributed by atoms with Crippen LogP contribution in [0.25, 0.3) is 22.2 Å². The van der Waals surface area contributed by atoms with E-state index in [9.17, 15) is 14.5 Å². The van der Waals surface area contributed by atoms with Gasteiger partial charge < -0.3 is 14.6 Å². The third-order valence-electron chi connectivity index (χ3n) is 7.35. The molecular formula is C29H26FN5O3. The van der Waals surface area contributed by atoms with Crippen molar-refractivity contribution in [3.8, 4) is 28.8 Å². The second-order valence-electron chi connectivity index (χ2n) is 9.75. The molecule has 2 aromatic heterocycles. The van der Waals surface area contributed by atoms with Crippen molar-refractivity contribution in [2.24, 2.45) is 5.92 Å². The van der Waals surface area contributed by atoms with Gasteiger partial charge in [-0.25, -0.2) is 9.97 Å². The van der Waals surface area contributed by atoms with Crippen molar-refractivity contribution < 1.29 is 14.1 Å². The van der Waals surface area contributed by atoms with Gasteiger partial charge in [-0.05, 0) is 31.2 Å². The van der Waals surface area contributed by atoms with Crippen molar-refractivity contribution in [1.82, 2.24) is 14.5 Å². The Morgan fingerprint density at radius 2 is 2.08 bits per heavy atom. The van der Waals surface area contributed by atoms with E-state index in [0.29, 0.717) is 11.6 Å². The predicted molar refractivity (Wildman–Crippen MR) is 143 cm³/mol. The molecule has 192 valence electrons. The molecule has 1 fully saturated rings. The molecule has 0 spiro atoms. The summed E-state index contributed by atoms with van der Waals surface area (Å²) >= 11 is 0. The summed E-state index contributed by atoms with van der Waals surface area (Å²) in [6.07, 6.45) is 10.5. The number of aryl methyl sites for hydroxylation is 2. The summed E-state index contributed by atoms with van der Waals surface area (Å²) in [6.45, 7) is 0.934. The van der Waals surface area contributed by atoms with E-state index in [1.807, 2.05) is 0 Å². The minimum Gasteiger partial charge on any atom is -0.494 e. The van der Waals surface area contributed by atoms with Crippen molar-refractivity contribution in [1.29, 1.82) is 0 Å². The standard InChI is InChI=1S/C29H26FN5O3/c1-38-26-14-23(30)25(35(36)37)15-24(26)32-29-31-16-20(12-11-18-6-2-3-7-18)27(33-29)22-17-34-13-5-9-19-8-4-10-21(22)28(19)34/h4,8,10,14-18H,2-3,5-7,9,13H2,1H3,(H,31,32,33). The number of ether oxygens (including phenoxy) is 1. The first-order chi connectivity index (χ1) is 18.5. The number of hydrogen-bond acceptors (Lipinski definition) is 6. The molecule has 9 heteroatoms. The van der Waals surface area contributed by atoms with Crippen LogP contribution in [0.5, 0.6) is 5.75 Å². The van der Waals surface area contributed by atoms with Gasteiger partial charge in [0.25, 0.3) is 0 Å². The van der Waals surface area contributed by atoms with Gasteiger partial charge >= 0.3 is 5.69 Å². The topological polar surface area (TPSA) is 95.1 Å². The van der Waals surface area contributed by atoms with Gasteiger partial charge in [-0.15, -0.1) is 0 Å². The number of para-hydroxylation sites is 1. The van der Waals surface area contributed by atoms with Crippen LogP contribution in [-0.4, -0.2) is 26.6 Å². The van der Waals surface area contributed by atoms with Gasteiger partial charge in [0.15, 0.2) is 0 Å². The van der Waals surface area contributed by atoms with Crippen molar-refractivity contribution in [3.63, 3.8) is 0 Å². The first-order valence-corrected chi connectivity index (χ1v) is 12.8. The number of nitro benzene ring substituents is 1. The molecule has 2 aromatic carbocycles. The molecule has 0 amide bonds. The third-order valence-corrected chi connectivity index (χ3v) is 7.35. The molecule has 1 N–H and O–H groups in total. The van der Waals surface area contributed by atoms with Crippen molar-refractivity contribution >= 4 is 28.2 Å². The largest absolute Gasteiger partial charge is 0.494 e. The van der Waals surface area contributed by atoms with E-state index >= 15 is 0 Å². The van der Waals surface area contributed by atoms with E-state index < -0.39 is 16.4 Å². The number of nitrogens with zero attached hydrogens (tertiary/aromatic N) is 4. The maximum Gasteiger partial charge on any atom is 0.307 e. The maximum atomic E-state index is 14.2. The Kier molecular flexibility index (Phi) is 6.16. The summed E-state index contributed by atoms with van der Waals surface area (Å²) < 4.78 is 21.7. The number of halogens is 1. The molecule has 0 unspecified atom stereocenters. The first-order valence-electron chi connectivity index (χ1n) is 12.8. The van der Waals surface area contributed by atoms with Crippen molar-refractivity contribution in [2.75, 3.05) is 12.4 Å². The lowest BCUT2D eigenvalue weighted by molar-refractivity contribution is -0.387. The smallest absolute Gasteiger partial charge is 0.307 e. The molecule has 1 aliphatic heterocycles. The summed E-state index contributed by atoms with van der Waals surface area (Å²) in [5, 5.41) is 15.4. The lowest BCUT2D eigenvalue weighted by atomic mass is 10.0. The fourth-order valence-electron chi connectivity index (χ4n) is 5.50. The number of benzene rings is 2. The number of nitro groups is 1. The van der Waals surface area contributed by atoms with Crippen LogP contribution in [-0.2, 0) is 13.0 Å². The number of aromatic nitrogens is 3. The number of rotatable bonds is 5. The van der Waals surface area contributed by atoms with Gasteiger partial charge in [0.05, 0.1) is 34.5 Å². The van der Waals surface area contributed by atoms with Crippen LogP contribution < -0.4 is 10.1 Å². The molecule has 38 heavy (non-hydrogen) atoms. The molecule has 3 heterocycles. The highest BCUT2D eigenvalue weighted by atomic mass is 19.1. The van der Waals surface area contributed by atoms with E-state index in [1.54, 1.807) is 6.20 Å². The van der Waals surface area contributed by atoms with Crippen LogP contribution in [0.2, 0.25) is 0 Å². The van der Waals surface area contributed by atoms with E-state index in [2.05, 4.69) is 51.1 Å². The molecule has 6 rings (SSSR count). The Labute approximate surface area is 219 Å². The average Bonchev–Trinajstić information content (AvgIpc) is 3.58. The van der Waals surface area contributed by atoms with Crippen LogP contribution >= 0.6 is 0 Å². The van der Waals surface area contributed by atoms with Crippen LogP contribution in [0.4, 0.5) is 21.7 Å². The van der Waals surface area contributed by atoms with Crippen molar-refractivity contribution in [2.45, 2.75) is 45.1 Å². The fourth-order valence-corrected chi connectivity index (χ4v) is 5.50. The van der Waals surface area contributed by atoms with Gasteiger partial charge in [-0.3, -0.25) is 10.1 Å². The Morgan fingerprint density at radius 3 is 2.87 bits per heavy atom. The quantitative estimate of drug-likeness (QED) is 0.190. The minimum atomic E-state index is -0.981. The molecule has 0 radical (unpaired) electrons. The fraction of sp³-hybridized carbons (Fsp3) is 0.310. The summed E-state index contributed by atoms with van der Waals surface area (Å²) in [5.41, 5.74) is 4.43. The van der Waals surface area contributed by atoms with Crippen LogP contribution in [0, 0.1) is 33.7 Å². The van der Waals surface area contributed by atoms with Gasteiger partial charge in [-0.2, -0.15) is 4.39 Å². The molecule has 0 bridgehead atoms. The van der Waals surface area contributed by atoms with Crippen molar-refractivity contribution in [3.05, 3.63) is 69.8 Å². The molecule has 2 aliphatic rings. The van der Waals surface area contributed by atoms with E-state index in [-0.39, 0.29) is 17.4 Å². The van der Waals surface area contributed by atoms with Gasteiger partial charge in [0.1, 0.15) is 5.75 Å². The molecule has 0 atom stereocenters. The molecule has 8 nitrogen and oxygen atoms in total. The lowest BCUT2D eigenvalue weighted by Gasteiger charge is -2.14. The highest BCUT2D eigenvalue weighted by Gasteiger charge is 2.22. The summed E-state index contributed by atoms with van der Waals surface area (Å²) in [6, 6.07) is 8.41. The Balaban J connectivity index is 1.48. The number of methoxy groups -OCH3 is 1. The molecular weight excluding hydrogens is 485 g/mol. The number of nitrogens with one attached hydrogen (secondary N) is 1. The Bertz CT molecular complexity index is 1630. The summed E-state index contributed by atoms with van der Waals surface area (Å²) in [7, 11) is 1.37. The first kappa shape index (κ1) is 23.9. The maximum absolute atomic E-state index is 14.2. The van der Waals surface area contributed by atoms with E-state index in [0.717, 1.165) is 60.9 Å². The minimum absolute atomic E-state index is 0.107. The highest BCUT2D eigenvalue weighted by Crippen LogP contribution is 2.37. The van der Waals surface area contributed by atoms with Gasteiger partial charge in [-0.1, -0.05) is 42.9 Å². The second-order valence-corrected chi connectivity index (χ2v) is 9.75. The third kappa shape index (κ3) is 4.32. The molecule has 1 saturated carbocycles.